The van der Waals surface area contributed by atoms with E-state index in [4.69, 9.17) is 9.47 Å². The number of halogens is 1. The van der Waals surface area contributed by atoms with Crippen molar-refractivity contribution in [1.82, 2.24) is 0 Å². The van der Waals surface area contributed by atoms with Gasteiger partial charge in [-0.2, -0.15) is 0 Å². The summed E-state index contributed by atoms with van der Waals surface area (Å²) in [4.78, 5) is 11.9. The van der Waals surface area contributed by atoms with Crippen LogP contribution in [0.4, 0.5) is 4.39 Å². The molecule has 0 radical (unpaired) electrons. The molecule has 3 nitrogen and oxygen atoms in total. The molecule has 110 valence electrons. The molecule has 0 N–H and O–H groups in total. The minimum atomic E-state index is -0.753. The number of rotatable bonds is 4. The smallest absolute Gasteiger partial charge is 0.352 e. The molecule has 2 aromatic carbocycles. The Kier molecular flexibility index (Phi) is 4.58. The van der Waals surface area contributed by atoms with Gasteiger partial charge in [0.15, 0.2) is 6.10 Å². The predicted molar refractivity (Wildman–Crippen MR) is 78.0 cm³/mol. The van der Waals surface area contributed by atoms with E-state index in [1.807, 2.05) is 32.0 Å². The second-order valence-electron chi connectivity index (χ2n) is 4.88. The van der Waals surface area contributed by atoms with Crippen molar-refractivity contribution < 1.29 is 18.7 Å². The molecule has 4 heteroatoms. The number of aryl methyl sites for hydroxylation is 2. The van der Waals surface area contributed by atoms with E-state index in [0.29, 0.717) is 5.75 Å². The minimum absolute atomic E-state index is 0.289. The van der Waals surface area contributed by atoms with Crippen molar-refractivity contribution in [3.05, 3.63) is 59.4 Å². The Bertz CT molecular complexity index is 635. The number of esters is 1. The van der Waals surface area contributed by atoms with Crippen molar-refractivity contribution >= 4 is 5.97 Å². The van der Waals surface area contributed by atoms with Gasteiger partial charge in [0.25, 0.3) is 0 Å². The Morgan fingerprint density at radius 2 is 1.62 bits per heavy atom. The largest absolute Gasteiger partial charge is 0.479 e. The van der Waals surface area contributed by atoms with Crippen LogP contribution in [-0.2, 0) is 4.79 Å². The van der Waals surface area contributed by atoms with Gasteiger partial charge in [-0.25, -0.2) is 9.18 Å². The van der Waals surface area contributed by atoms with Gasteiger partial charge in [0.2, 0.25) is 0 Å². The lowest BCUT2D eigenvalue weighted by molar-refractivity contribution is -0.141. The number of hydrogen-bond donors (Lipinski definition) is 0. The van der Waals surface area contributed by atoms with Crippen LogP contribution in [0, 0.1) is 19.7 Å². The zero-order valence-corrected chi connectivity index (χ0v) is 12.2. The summed E-state index contributed by atoms with van der Waals surface area (Å²) in [5.74, 6) is -0.00680. The Morgan fingerprint density at radius 1 is 1.00 bits per heavy atom. The standard InChI is InChI=1S/C17H17FO3/c1-11-4-7-16(10-12(11)2)20-13(3)17(19)21-15-8-5-14(18)6-9-15/h4-10,13H,1-3H3. The van der Waals surface area contributed by atoms with Crippen molar-refractivity contribution in [2.24, 2.45) is 0 Å². The molecule has 0 saturated heterocycles. The van der Waals surface area contributed by atoms with Gasteiger partial charge in [-0.05, 0) is 68.3 Å². The third kappa shape index (κ3) is 4.05. The Labute approximate surface area is 123 Å². The molecular weight excluding hydrogens is 271 g/mol. The van der Waals surface area contributed by atoms with Crippen molar-refractivity contribution in [3.8, 4) is 11.5 Å². The van der Waals surface area contributed by atoms with Crippen LogP contribution in [0.25, 0.3) is 0 Å². The topological polar surface area (TPSA) is 35.5 Å². The zero-order valence-electron chi connectivity index (χ0n) is 12.2. The molecule has 0 bridgehead atoms. The lowest BCUT2D eigenvalue weighted by Crippen LogP contribution is -2.28. The highest BCUT2D eigenvalue weighted by Gasteiger charge is 2.17. The van der Waals surface area contributed by atoms with Crippen LogP contribution in [-0.4, -0.2) is 12.1 Å². The van der Waals surface area contributed by atoms with E-state index >= 15 is 0 Å². The van der Waals surface area contributed by atoms with Gasteiger partial charge in [0, 0.05) is 0 Å². The van der Waals surface area contributed by atoms with Crippen LogP contribution in [0.15, 0.2) is 42.5 Å². The first-order valence-electron chi connectivity index (χ1n) is 6.67. The summed E-state index contributed by atoms with van der Waals surface area (Å²) in [6.07, 6.45) is -0.753. The third-order valence-corrected chi connectivity index (χ3v) is 3.16. The average Bonchev–Trinajstić information content (AvgIpc) is 2.45. The average molecular weight is 288 g/mol. The predicted octanol–water partition coefficient (Wildman–Crippen LogP) is 3.82. The fourth-order valence-electron chi connectivity index (χ4n) is 1.74. The van der Waals surface area contributed by atoms with Gasteiger partial charge in [0.1, 0.15) is 17.3 Å². The number of hydrogen-bond acceptors (Lipinski definition) is 3. The molecule has 1 unspecified atom stereocenters. The van der Waals surface area contributed by atoms with Gasteiger partial charge < -0.3 is 9.47 Å². The van der Waals surface area contributed by atoms with E-state index in [2.05, 4.69) is 0 Å². The lowest BCUT2D eigenvalue weighted by atomic mass is 10.1. The van der Waals surface area contributed by atoms with Crippen LogP contribution in [0.2, 0.25) is 0 Å². The molecule has 0 aromatic heterocycles. The highest BCUT2D eigenvalue weighted by atomic mass is 19.1. The maximum Gasteiger partial charge on any atom is 0.352 e. The van der Waals surface area contributed by atoms with E-state index < -0.39 is 12.1 Å². The van der Waals surface area contributed by atoms with Gasteiger partial charge >= 0.3 is 5.97 Å². The second kappa shape index (κ2) is 6.39. The van der Waals surface area contributed by atoms with Crippen molar-refractivity contribution in [2.45, 2.75) is 26.9 Å². The van der Waals surface area contributed by atoms with Crippen LogP contribution in [0.5, 0.6) is 11.5 Å². The molecule has 2 aromatic rings. The van der Waals surface area contributed by atoms with Crippen LogP contribution >= 0.6 is 0 Å². The van der Waals surface area contributed by atoms with Gasteiger partial charge in [-0.3, -0.25) is 0 Å². The van der Waals surface area contributed by atoms with Crippen molar-refractivity contribution in [1.29, 1.82) is 0 Å². The molecule has 0 aliphatic carbocycles. The Hall–Kier alpha value is -2.36. The van der Waals surface area contributed by atoms with Gasteiger partial charge in [-0.1, -0.05) is 6.07 Å². The summed E-state index contributed by atoms with van der Waals surface area (Å²) < 4.78 is 23.5. The molecule has 0 spiro atoms. The monoisotopic (exact) mass is 288 g/mol. The fourth-order valence-corrected chi connectivity index (χ4v) is 1.74. The number of ether oxygens (including phenoxy) is 2. The van der Waals surface area contributed by atoms with Crippen LogP contribution in [0.1, 0.15) is 18.1 Å². The summed E-state index contributed by atoms with van der Waals surface area (Å²) in [6, 6.07) is 10.9. The molecule has 0 aliphatic rings. The first kappa shape index (κ1) is 15.0. The number of carbonyl (C=O) groups is 1. The van der Waals surface area contributed by atoms with E-state index in [1.54, 1.807) is 6.92 Å². The van der Waals surface area contributed by atoms with Crippen LogP contribution in [0.3, 0.4) is 0 Å². The second-order valence-corrected chi connectivity index (χ2v) is 4.88. The maximum absolute atomic E-state index is 12.8. The summed E-state index contributed by atoms with van der Waals surface area (Å²) in [7, 11) is 0. The first-order chi connectivity index (χ1) is 9.95. The first-order valence-corrected chi connectivity index (χ1v) is 6.67. The zero-order chi connectivity index (χ0) is 15.4. The fraction of sp³-hybridized carbons (Fsp3) is 0.235. The normalized spacial score (nSPS) is 11.8. The summed E-state index contributed by atoms with van der Waals surface area (Å²) in [5.41, 5.74) is 2.25. The van der Waals surface area contributed by atoms with Gasteiger partial charge in [-0.15, -0.1) is 0 Å². The SMILES string of the molecule is Cc1ccc(OC(C)C(=O)Oc2ccc(F)cc2)cc1C. The highest BCUT2D eigenvalue weighted by Crippen LogP contribution is 2.19. The summed E-state index contributed by atoms with van der Waals surface area (Å²) >= 11 is 0. The molecule has 21 heavy (non-hydrogen) atoms. The molecular formula is C17H17FO3. The summed E-state index contributed by atoms with van der Waals surface area (Å²) in [5, 5.41) is 0. The van der Waals surface area contributed by atoms with E-state index in [0.717, 1.165) is 11.1 Å². The van der Waals surface area contributed by atoms with Crippen molar-refractivity contribution in [2.75, 3.05) is 0 Å². The number of carbonyl (C=O) groups excluding carboxylic acids is 1. The van der Waals surface area contributed by atoms with E-state index in [1.165, 1.54) is 24.3 Å². The Balaban J connectivity index is 1.98. The van der Waals surface area contributed by atoms with E-state index in [9.17, 15) is 9.18 Å². The Morgan fingerprint density at radius 3 is 2.24 bits per heavy atom. The molecule has 0 saturated carbocycles. The van der Waals surface area contributed by atoms with Crippen molar-refractivity contribution in [3.63, 3.8) is 0 Å². The highest BCUT2D eigenvalue weighted by molar-refractivity contribution is 5.77. The molecule has 0 aliphatic heterocycles. The molecule has 0 amide bonds. The lowest BCUT2D eigenvalue weighted by Gasteiger charge is -2.14. The summed E-state index contributed by atoms with van der Waals surface area (Å²) in [6.45, 7) is 5.59. The quantitative estimate of drug-likeness (QED) is 0.634. The molecule has 2 rings (SSSR count). The number of benzene rings is 2. The third-order valence-electron chi connectivity index (χ3n) is 3.16. The van der Waals surface area contributed by atoms with Crippen LogP contribution < -0.4 is 9.47 Å². The molecule has 1 atom stereocenters. The molecule has 0 fully saturated rings. The van der Waals surface area contributed by atoms with E-state index in [-0.39, 0.29) is 11.6 Å². The molecule has 0 heterocycles. The maximum atomic E-state index is 12.8. The van der Waals surface area contributed by atoms with Gasteiger partial charge in [0.05, 0.1) is 0 Å². The minimum Gasteiger partial charge on any atom is -0.479 e.